The maximum atomic E-state index is 13.6. The van der Waals surface area contributed by atoms with Crippen LogP contribution in [0.5, 0.6) is 0 Å². The molecule has 0 radical (unpaired) electrons. The van der Waals surface area contributed by atoms with Crippen molar-refractivity contribution in [1.82, 2.24) is 19.6 Å². The molecule has 2 aromatic carbocycles. The predicted molar refractivity (Wildman–Crippen MR) is 168 cm³/mol. The first kappa shape index (κ1) is 33.0. The van der Waals surface area contributed by atoms with Gasteiger partial charge in [-0.25, -0.2) is 0 Å². The third kappa shape index (κ3) is 6.33. The fourth-order valence-corrected chi connectivity index (χ4v) is 7.05. The Kier molecular flexibility index (Phi) is 10.7. The number of ether oxygens (including phenoxy) is 6. The van der Waals surface area contributed by atoms with E-state index < -0.39 is 11.4 Å². The molecule has 0 N–H and O–H groups in total. The molecule has 2 amide bonds. The minimum absolute atomic E-state index is 0.0450. The fraction of sp³-hybridized carbons (Fsp3) is 0.588. The molecule has 12 nitrogen and oxygen atoms in total. The normalized spacial score (nSPS) is 27.4. The molecule has 0 spiro atoms. The van der Waals surface area contributed by atoms with Gasteiger partial charge in [-0.05, 0) is 12.1 Å². The molecule has 2 atom stereocenters. The van der Waals surface area contributed by atoms with Crippen LogP contribution in [0.2, 0.25) is 0 Å². The lowest BCUT2D eigenvalue weighted by Crippen LogP contribution is -2.53. The number of hydrogen-bond donors (Lipinski definition) is 0. The molecule has 6 rings (SSSR count). The number of hydrogen-bond acceptors (Lipinski definition) is 10. The molecule has 2 aromatic rings. The van der Waals surface area contributed by atoms with Gasteiger partial charge in [0.15, 0.2) is 11.4 Å². The molecular formula is C34H46N4O8. The fourth-order valence-electron chi connectivity index (χ4n) is 7.05. The quantitative estimate of drug-likeness (QED) is 0.480. The van der Waals surface area contributed by atoms with Crippen molar-refractivity contribution in [3.8, 4) is 0 Å². The zero-order valence-corrected chi connectivity index (χ0v) is 27.0. The van der Waals surface area contributed by atoms with E-state index in [4.69, 9.17) is 28.4 Å². The van der Waals surface area contributed by atoms with Crippen LogP contribution < -0.4 is 0 Å². The van der Waals surface area contributed by atoms with Gasteiger partial charge in [0.05, 0.1) is 52.9 Å². The maximum Gasteiger partial charge on any atom is 0.256 e. The molecule has 0 aromatic heterocycles. The summed E-state index contributed by atoms with van der Waals surface area (Å²) in [6.45, 7) is 8.50. The van der Waals surface area contributed by atoms with Gasteiger partial charge < -0.3 is 38.2 Å². The summed E-state index contributed by atoms with van der Waals surface area (Å²) in [4.78, 5) is 35.6. The summed E-state index contributed by atoms with van der Waals surface area (Å²) in [6, 6.07) is 15.3. The molecule has 4 aliphatic rings. The molecule has 250 valence electrons. The van der Waals surface area contributed by atoms with E-state index in [1.165, 1.54) is 0 Å². The monoisotopic (exact) mass is 638 g/mol. The second-order valence-electron chi connectivity index (χ2n) is 12.0. The largest absolute Gasteiger partial charge is 0.378 e. The van der Waals surface area contributed by atoms with Crippen LogP contribution in [0.15, 0.2) is 48.5 Å². The molecule has 0 aliphatic carbocycles. The number of fused-ring (bicyclic) bond motifs is 6. The van der Waals surface area contributed by atoms with E-state index in [9.17, 15) is 9.59 Å². The average molecular weight is 639 g/mol. The van der Waals surface area contributed by atoms with E-state index in [0.29, 0.717) is 90.0 Å². The number of nitrogens with zero attached hydrogens (tertiary/aromatic N) is 4. The van der Waals surface area contributed by atoms with Crippen LogP contribution in [0.4, 0.5) is 0 Å². The molecule has 12 heteroatoms. The highest BCUT2D eigenvalue weighted by molar-refractivity contribution is 6.00. The van der Waals surface area contributed by atoms with Crippen LogP contribution in [-0.4, -0.2) is 151 Å². The van der Waals surface area contributed by atoms with E-state index in [-0.39, 0.29) is 25.0 Å². The standard InChI is InChI=1S/C34H46N4O8/c1-41-33-25-45-23-21-43-19-17-35(13-15-37(33)31(39)27-7-3-5-9-29(27)33)11-12-36-14-16-38-32(40)28-8-4-6-10-30(28)34(38,42-2)26-46-24-22-44-20-18-36/h3-10H,11-26H2,1-2H3. The lowest BCUT2D eigenvalue weighted by atomic mass is 10.0. The summed E-state index contributed by atoms with van der Waals surface area (Å²) in [5, 5.41) is 0. The van der Waals surface area contributed by atoms with Crippen molar-refractivity contribution >= 4 is 11.8 Å². The Morgan fingerprint density at radius 2 is 0.978 bits per heavy atom. The van der Waals surface area contributed by atoms with Crippen molar-refractivity contribution in [2.45, 2.75) is 11.4 Å². The Bertz CT molecular complexity index is 1260. The zero-order valence-electron chi connectivity index (χ0n) is 27.0. The molecular weight excluding hydrogens is 592 g/mol. The third-order valence-electron chi connectivity index (χ3n) is 9.65. The molecule has 4 heterocycles. The second-order valence-corrected chi connectivity index (χ2v) is 12.0. The van der Waals surface area contributed by atoms with Gasteiger partial charge >= 0.3 is 0 Å². The van der Waals surface area contributed by atoms with Crippen molar-refractivity contribution in [3.63, 3.8) is 0 Å². The van der Waals surface area contributed by atoms with E-state index in [1.54, 1.807) is 14.2 Å². The molecule has 46 heavy (non-hydrogen) atoms. The Balaban J connectivity index is 1.16. The summed E-state index contributed by atoms with van der Waals surface area (Å²) in [7, 11) is 3.28. The van der Waals surface area contributed by atoms with Crippen LogP contribution in [0, 0.1) is 0 Å². The first-order chi connectivity index (χ1) is 22.5. The molecule has 0 saturated carbocycles. The number of amides is 2. The zero-order chi connectivity index (χ0) is 32.0. The van der Waals surface area contributed by atoms with Crippen LogP contribution in [0.3, 0.4) is 0 Å². The lowest BCUT2D eigenvalue weighted by Gasteiger charge is -2.40. The van der Waals surface area contributed by atoms with Crippen molar-refractivity contribution < 1.29 is 38.0 Å². The van der Waals surface area contributed by atoms with Crippen LogP contribution in [0.25, 0.3) is 0 Å². The first-order valence-electron chi connectivity index (χ1n) is 16.2. The number of benzene rings is 2. The lowest BCUT2D eigenvalue weighted by molar-refractivity contribution is -0.163. The number of carbonyl (C=O) groups excluding carboxylic acids is 2. The Labute approximate surface area is 271 Å². The minimum atomic E-state index is -0.982. The Hall–Kier alpha value is -2.94. The molecule has 2 saturated heterocycles. The van der Waals surface area contributed by atoms with Crippen molar-refractivity contribution in [2.75, 3.05) is 119 Å². The number of rotatable bonds is 5. The van der Waals surface area contributed by atoms with Crippen molar-refractivity contribution in [1.29, 1.82) is 0 Å². The number of methoxy groups -OCH3 is 2. The predicted octanol–water partition coefficient (Wildman–Crippen LogP) is 1.59. The molecule has 2 fully saturated rings. The van der Waals surface area contributed by atoms with Gasteiger partial charge in [-0.15, -0.1) is 0 Å². The van der Waals surface area contributed by atoms with E-state index >= 15 is 0 Å². The maximum absolute atomic E-state index is 13.6. The highest BCUT2D eigenvalue weighted by Gasteiger charge is 2.51. The van der Waals surface area contributed by atoms with Gasteiger partial charge in [0.2, 0.25) is 0 Å². The highest BCUT2D eigenvalue weighted by Crippen LogP contribution is 2.41. The van der Waals surface area contributed by atoms with Gasteiger partial charge in [-0.1, -0.05) is 36.4 Å². The van der Waals surface area contributed by atoms with E-state index in [2.05, 4.69) is 9.80 Å². The smallest absolute Gasteiger partial charge is 0.256 e. The van der Waals surface area contributed by atoms with Crippen molar-refractivity contribution in [3.05, 3.63) is 70.8 Å². The van der Waals surface area contributed by atoms with Crippen molar-refractivity contribution in [2.24, 2.45) is 0 Å². The summed E-state index contributed by atoms with van der Waals surface area (Å²) < 4.78 is 36.0. The summed E-state index contributed by atoms with van der Waals surface area (Å²) in [5.74, 6) is -0.0900. The molecule has 2 unspecified atom stereocenters. The van der Waals surface area contributed by atoms with Gasteiger partial charge in [-0.3, -0.25) is 19.4 Å². The van der Waals surface area contributed by atoms with Gasteiger partial charge in [0.25, 0.3) is 11.8 Å². The topological polar surface area (TPSA) is 102 Å². The van der Waals surface area contributed by atoms with E-state index in [1.807, 2.05) is 58.3 Å². The molecule has 4 aliphatic heterocycles. The Morgan fingerprint density at radius 1 is 0.565 bits per heavy atom. The van der Waals surface area contributed by atoms with Crippen LogP contribution in [-0.2, 0) is 39.9 Å². The Morgan fingerprint density at radius 3 is 1.41 bits per heavy atom. The number of carbonyl (C=O) groups is 2. The summed E-state index contributed by atoms with van der Waals surface area (Å²) in [5.41, 5.74) is 1.02. The summed E-state index contributed by atoms with van der Waals surface area (Å²) in [6.07, 6.45) is 0. The van der Waals surface area contributed by atoms with Crippen LogP contribution in [0.1, 0.15) is 31.8 Å². The van der Waals surface area contributed by atoms with Crippen LogP contribution >= 0.6 is 0 Å². The first-order valence-corrected chi connectivity index (χ1v) is 16.2. The average Bonchev–Trinajstić information content (AvgIpc) is 3.46. The van der Waals surface area contributed by atoms with Gasteiger partial charge in [-0.2, -0.15) is 0 Å². The minimum Gasteiger partial charge on any atom is -0.378 e. The molecule has 0 bridgehead atoms. The van der Waals surface area contributed by atoms with E-state index in [0.717, 1.165) is 24.2 Å². The highest BCUT2D eigenvalue weighted by atomic mass is 16.6. The van der Waals surface area contributed by atoms with Gasteiger partial charge in [0.1, 0.15) is 0 Å². The second kappa shape index (κ2) is 14.9. The SMILES string of the molecule is COC12COCCOCCN(CCN3CCOCCOCC4(OC)c5ccccc5C(=O)N4CC3)CCN1C(=O)c1ccccc12. The third-order valence-corrected chi connectivity index (χ3v) is 9.65. The van der Waals surface area contributed by atoms with Gasteiger partial charge in [0, 0.05) is 88.8 Å². The summed E-state index contributed by atoms with van der Waals surface area (Å²) >= 11 is 0.